The summed E-state index contributed by atoms with van der Waals surface area (Å²) in [5.74, 6) is -0.122. The van der Waals surface area contributed by atoms with E-state index in [0.29, 0.717) is 23.4 Å². The molecule has 1 aliphatic heterocycles. The molecule has 1 heterocycles. The number of nitrogens with zero attached hydrogens (tertiary/aromatic N) is 1. The first-order chi connectivity index (χ1) is 13.9. The highest BCUT2D eigenvalue weighted by Gasteiger charge is 2.30. The first-order valence-corrected chi connectivity index (χ1v) is 9.88. The van der Waals surface area contributed by atoms with Gasteiger partial charge in [0.2, 0.25) is 5.91 Å². The first kappa shape index (κ1) is 20.6. The molecule has 2 aromatic carbocycles. The lowest BCUT2D eigenvalue weighted by molar-refractivity contribution is -0.121. The Kier molecular flexibility index (Phi) is 6.32. The molecule has 2 aromatic rings. The molecular weight excluding hydrogens is 368 g/mol. The highest BCUT2D eigenvalue weighted by atomic mass is 16.5. The Balaban J connectivity index is 1.72. The SMILES string of the molecule is CCCC(=O)Nc1ccc(OCC(=O)N2c3ccccc3C[C@H]2C)c(C(C)=O)c1. The van der Waals surface area contributed by atoms with Crippen molar-refractivity contribution in [2.24, 2.45) is 0 Å². The molecule has 2 amide bonds. The van der Waals surface area contributed by atoms with Crippen LogP contribution in [0.1, 0.15) is 49.5 Å². The fraction of sp³-hybridized carbons (Fsp3) is 0.348. The number of hydrogen-bond donors (Lipinski definition) is 1. The number of carbonyl (C=O) groups is 3. The van der Waals surface area contributed by atoms with Crippen LogP contribution in [0, 0.1) is 0 Å². The van der Waals surface area contributed by atoms with Gasteiger partial charge in [0.1, 0.15) is 5.75 Å². The predicted octanol–water partition coefficient (Wildman–Crippen LogP) is 3.98. The van der Waals surface area contributed by atoms with Gasteiger partial charge < -0.3 is 15.0 Å². The largest absolute Gasteiger partial charge is 0.483 e. The van der Waals surface area contributed by atoms with Crippen LogP contribution in [0.3, 0.4) is 0 Å². The van der Waals surface area contributed by atoms with Crippen molar-refractivity contribution in [2.45, 2.75) is 46.1 Å². The molecule has 1 N–H and O–H groups in total. The van der Waals surface area contributed by atoms with Gasteiger partial charge in [-0.25, -0.2) is 0 Å². The minimum atomic E-state index is -0.195. The minimum absolute atomic E-state index is 0.0620. The van der Waals surface area contributed by atoms with Gasteiger partial charge in [0.25, 0.3) is 5.91 Å². The zero-order chi connectivity index (χ0) is 21.0. The average Bonchev–Trinajstić information content (AvgIpc) is 3.02. The summed E-state index contributed by atoms with van der Waals surface area (Å²) in [5, 5.41) is 2.77. The summed E-state index contributed by atoms with van der Waals surface area (Å²) in [4.78, 5) is 38.4. The number of hydrogen-bond acceptors (Lipinski definition) is 4. The molecule has 0 aromatic heterocycles. The number of carbonyl (C=O) groups excluding carboxylic acids is 3. The third kappa shape index (κ3) is 4.65. The van der Waals surface area contributed by atoms with Gasteiger partial charge in [0, 0.05) is 23.8 Å². The summed E-state index contributed by atoms with van der Waals surface area (Å²) in [6.07, 6.45) is 1.97. The summed E-state index contributed by atoms with van der Waals surface area (Å²) < 4.78 is 5.72. The minimum Gasteiger partial charge on any atom is -0.483 e. The number of para-hydroxylation sites is 1. The molecule has 0 aliphatic carbocycles. The van der Waals surface area contributed by atoms with Crippen LogP contribution in [-0.4, -0.2) is 30.2 Å². The van der Waals surface area contributed by atoms with Gasteiger partial charge in [-0.05, 0) is 56.5 Å². The van der Waals surface area contributed by atoms with Crippen molar-refractivity contribution in [1.82, 2.24) is 0 Å². The maximum atomic E-state index is 12.8. The maximum Gasteiger partial charge on any atom is 0.265 e. The number of benzene rings is 2. The second-order valence-electron chi connectivity index (χ2n) is 7.30. The van der Waals surface area contributed by atoms with Crippen molar-refractivity contribution >= 4 is 29.0 Å². The number of anilines is 2. The molecular formula is C23H26N2O4. The summed E-state index contributed by atoms with van der Waals surface area (Å²) in [7, 11) is 0. The smallest absolute Gasteiger partial charge is 0.265 e. The van der Waals surface area contributed by atoms with Crippen LogP contribution in [0.25, 0.3) is 0 Å². The van der Waals surface area contributed by atoms with Crippen LogP contribution in [0.4, 0.5) is 11.4 Å². The molecule has 1 aliphatic rings. The van der Waals surface area contributed by atoms with E-state index in [-0.39, 0.29) is 30.2 Å². The van der Waals surface area contributed by atoms with Crippen LogP contribution >= 0.6 is 0 Å². The molecule has 3 rings (SSSR count). The Morgan fingerprint density at radius 1 is 1.17 bits per heavy atom. The zero-order valence-corrected chi connectivity index (χ0v) is 17.0. The number of ether oxygens (including phenoxy) is 1. The molecule has 1 atom stereocenters. The van der Waals surface area contributed by atoms with E-state index >= 15 is 0 Å². The number of amides is 2. The third-order valence-corrected chi connectivity index (χ3v) is 4.95. The second-order valence-corrected chi connectivity index (χ2v) is 7.30. The molecule has 152 valence electrons. The quantitative estimate of drug-likeness (QED) is 0.721. The fourth-order valence-corrected chi connectivity index (χ4v) is 3.61. The Morgan fingerprint density at radius 3 is 2.66 bits per heavy atom. The van der Waals surface area contributed by atoms with Crippen LogP contribution in [-0.2, 0) is 16.0 Å². The molecule has 0 fully saturated rings. The molecule has 0 saturated carbocycles. The van der Waals surface area contributed by atoms with E-state index in [0.717, 1.165) is 24.1 Å². The van der Waals surface area contributed by atoms with Gasteiger partial charge in [-0.15, -0.1) is 0 Å². The van der Waals surface area contributed by atoms with Crippen molar-refractivity contribution in [1.29, 1.82) is 0 Å². The lowest BCUT2D eigenvalue weighted by Crippen LogP contribution is -2.39. The van der Waals surface area contributed by atoms with Crippen LogP contribution < -0.4 is 15.0 Å². The molecule has 0 bridgehead atoms. The van der Waals surface area contributed by atoms with E-state index < -0.39 is 0 Å². The lowest BCUT2D eigenvalue weighted by atomic mass is 10.1. The summed E-state index contributed by atoms with van der Waals surface area (Å²) in [6, 6.07) is 12.8. The van der Waals surface area contributed by atoms with E-state index in [1.807, 2.05) is 38.1 Å². The number of fused-ring (bicyclic) bond motifs is 1. The van der Waals surface area contributed by atoms with E-state index in [1.54, 1.807) is 23.1 Å². The van der Waals surface area contributed by atoms with Crippen molar-refractivity contribution in [3.05, 3.63) is 53.6 Å². The number of rotatable bonds is 7. The normalized spacial score (nSPS) is 15.0. The Labute approximate surface area is 170 Å². The van der Waals surface area contributed by atoms with Gasteiger partial charge in [-0.3, -0.25) is 14.4 Å². The van der Waals surface area contributed by atoms with Gasteiger partial charge in [-0.1, -0.05) is 25.1 Å². The van der Waals surface area contributed by atoms with Crippen LogP contribution in [0.15, 0.2) is 42.5 Å². The number of Topliss-reactive ketones (excluding diaryl/α,β-unsaturated/α-hetero) is 1. The number of nitrogens with one attached hydrogen (secondary N) is 1. The van der Waals surface area contributed by atoms with Crippen molar-refractivity contribution in [2.75, 3.05) is 16.8 Å². The highest BCUT2D eigenvalue weighted by Crippen LogP contribution is 2.32. The van der Waals surface area contributed by atoms with Crippen molar-refractivity contribution in [3.63, 3.8) is 0 Å². The molecule has 0 saturated heterocycles. The summed E-state index contributed by atoms with van der Waals surface area (Å²) in [6.45, 7) is 5.20. The average molecular weight is 394 g/mol. The van der Waals surface area contributed by atoms with E-state index in [1.165, 1.54) is 6.92 Å². The van der Waals surface area contributed by atoms with Gasteiger partial charge >= 0.3 is 0 Å². The van der Waals surface area contributed by atoms with Gasteiger partial charge in [0.05, 0.1) is 5.56 Å². The third-order valence-electron chi connectivity index (χ3n) is 4.95. The first-order valence-electron chi connectivity index (χ1n) is 9.88. The Morgan fingerprint density at radius 2 is 1.93 bits per heavy atom. The molecule has 6 heteroatoms. The second kappa shape index (κ2) is 8.90. The predicted molar refractivity (Wildman–Crippen MR) is 113 cm³/mol. The van der Waals surface area contributed by atoms with Gasteiger partial charge in [-0.2, -0.15) is 0 Å². The molecule has 6 nitrogen and oxygen atoms in total. The van der Waals surface area contributed by atoms with Crippen LogP contribution in [0.2, 0.25) is 0 Å². The standard InChI is InChI=1S/C23H26N2O4/c1-4-7-22(27)24-18-10-11-21(19(13-18)16(3)26)29-14-23(28)25-15(2)12-17-8-5-6-9-20(17)25/h5-6,8-11,13,15H,4,7,12,14H2,1-3H3,(H,24,27)/t15-/m1/s1. The van der Waals surface area contributed by atoms with Crippen molar-refractivity contribution < 1.29 is 19.1 Å². The Hall–Kier alpha value is -3.15. The summed E-state index contributed by atoms with van der Waals surface area (Å²) >= 11 is 0. The Bertz CT molecular complexity index is 938. The highest BCUT2D eigenvalue weighted by molar-refractivity contribution is 6.00. The molecule has 0 radical (unpaired) electrons. The zero-order valence-electron chi connectivity index (χ0n) is 17.0. The fourth-order valence-electron chi connectivity index (χ4n) is 3.61. The molecule has 29 heavy (non-hydrogen) atoms. The molecule has 0 spiro atoms. The molecule has 0 unspecified atom stereocenters. The van der Waals surface area contributed by atoms with E-state index in [2.05, 4.69) is 5.32 Å². The monoisotopic (exact) mass is 394 g/mol. The van der Waals surface area contributed by atoms with Gasteiger partial charge in [0.15, 0.2) is 12.4 Å². The topological polar surface area (TPSA) is 75.7 Å². The maximum absolute atomic E-state index is 12.8. The van der Waals surface area contributed by atoms with E-state index in [9.17, 15) is 14.4 Å². The van der Waals surface area contributed by atoms with E-state index in [4.69, 9.17) is 4.74 Å². The number of ketones is 1. The van der Waals surface area contributed by atoms with Crippen LogP contribution in [0.5, 0.6) is 5.75 Å². The lowest BCUT2D eigenvalue weighted by Gasteiger charge is -2.23. The summed E-state index contributed by atoms with van der Waals surface area (Å²) in [5.41, 5.74) is 2.93. The van der Waals surface area contributed by atoms with Crippen molar-refractivity contribution in [3.8, 4) is 5.75 Å².